The van der Waals surface area contributed by atoms with Crippen molar-refractivity contribution in [1.29, 1.82) is 0 Å². The number of halogens is 1. The molecule has 2 aliphatic rings. The number of urea groups is 1. The number of aromatic nitrogens is 2. The molecule has 2 heterocycles. The second kappa shape index (κ2) is 10.1. The molecular formula is C29H42FN5O4Si. The molecular weight excluding hydrogens is 529 g/mol. The highest BCUT2D eigenvalue weighted by molar-refractivity contribution is 6.83. The normalized spacial score (nSPS) is 18.5. The van der Waals surface area contributed by atoms with Crippen molar-refractivity contribution in [1.82, 2.24) is 20.0 Å². The molecule has 1 saturated carbocycles. The lowest BCUT2D eigenvalue weighted by atomic mass is 9.83. The third-order valence-electron chi connectivity index (χ3n) is 8.66. The van der Waals surface area contributed by atoms with Crippen LogP contribution >= 0.6 is 0 Å². The molecule has 1 atom stereocenters. The summed E-state index contributed by atoms with van der Waals surface area (Å²) in [7, 11) is -1.87. The SMILES string of the molecule is CC(=O)n1nc2c(c1NC(=O)C1([Si](C)(C)C)CCC1)CN(C(=O)N[C@H](CC(C)(C)O)c1cccc(F)c1)C2(C)C. The van der Waals surface area contributed by atoms with Crippen molar-refractivity contribution in [2.75, 3.05) is 5.32 Å². The van der Waals surface area contributed by atoms with Crippen molar-refractivity contribution in [3.63, 3.8) is 0 Å². The van der Waals surface area contributed by atoms with Crippen LogP contribution in [-0.2, 0) is 16.9 Å². The van der Waals surface area contributed by atoms with E-state index in [1.54, 1.807) is 30.9 Å². The van der Waals surface area contributed by atoms with Crippen LogP contribution in [0.5, 0.6) is 0 Å². The van der Waals surface area contributed by atoms with Crippen LogP contribution in [0.2, 0.25) is 24.7 Å². The van der Waals surface area contributed by atoms with Crippen LogP contribution in [0, 0.1) is 5.82 Å². The van der Waals surface area contributed by atoms with Gasteiger partial charge < -0.3 is 20.6 Å². The number of hydrogen-bond donors (Lipinski definition) is 3. The standard InChI is InChI=1S/C29H42FN5O4Si/c1-18(36)35-24(32-25(37)29(13-10-14-29)40(6,7)8)21-17-34(28(4,5)23(21)33-35)26(38)31-22(16-27(2,3)39)19-11-9-12-20(30)15-19/h9,11-12,15,22,39H,10,13-14,16-17H2,1-8H3,(H,31,38)(H,32,37)/t22-/m1/s1. The second-order valence-electron chi connectivity index (χ2n) is 13.5. The first-order chi connectivity index (χ1) is 18.4. The van der Waals surface area contributed by atoms with Gasteiger partial charge in [-0.25, -0.2) is 9.18 Å². The number of amides is 3. The van der Waals surface area contributed by atoms with Crippen LogP contribution in [0.25, 0.3) is 0 Å². The summed E-state index contributed by atoms with van der Waals surface area (Å²) < 4.78 is 15.3. The number of nitrogens with zero attached hydrogens (tertiary/aromatic N) is 3. The first-order valence-electron chi connectivity index (χ1n) is 13.9. The highest BCUT2D eigenvalue weighted by Gasteiger charge is 2.54. The summed E-state index contributed by atoms with van der Waals surface area (Å²) >= 11 is 0. The van der Waals surface area contributed by atoms with Crippen molar-refractivity contribution in [3.8, 4) is 0 Å². The molecule has 0 bridgehead atoms. The second-order valence-corrected chi connectivity index (χ2v) is 18.9. The lowest BCUT2D eigenvalue weighted by molar-refractivity contribution is -0.121. The van der Waals surface area contributed by atoms with Gasteiger partial charge in [-0.05, 0) is 58.2 Å². The average Bonchev–Trinajstić information content (AvgIpc) is 3.25. The van der Waals surface area contributed by atoms with Gasteiger partial charge >= 0.3 is 6.03 Å². The topological polar surface area (TPSA) is 117 Å². The van der Waals surface area contributed by atoms with E-state index in [9.17, 15) is 23.9 Å². The quantitative estimate of drug-likeness (QED) is 0.377. The number of hydrogen-bond acceptors (Lipinski definition) is 5. The maximum Gasteiger partial charge on any atom is 0.318 e. The number of aliphatic hydroxyl groups is 1. The molecule has 4 rings (SSSR count). The number of nitrogens with one attached hydrogen (secondary N) is 2. The molecule has 0 radical (unpaired) electrons. The minimum Gasteiger partial charge on any atom is -0.390 e. The first kappa shape index (κ1) is 29.9. The summed E-state index contributed by atoms with van der Waals surface area (Å²) in [6.07, 6.45) is 2.82. The largest absolute Gasteiger partial charge is 0.390 e. The predicted molar refractivity (Wildman–Crippen MR) is 154 cm³/mol. The Morgan fingerprint density at radius 3 is 2.35 bits per heavy atom. The van der Waals surface area contributed by atoms with Crippen LogP contribution < -0.4 is 10.6 Å². The van der Waals surface area contributed by atoms with E-state index in [0.29, 0.717) is 22.6 Å². The van der Waals surface area contributed by atoms with Crippen LogP contribution in [0.1, 0.15) is 88.0 Å². The number of carbonyl (C=O) groups is 3. The lowest BCUT2D eigenvalue weighted by Gasteiger charge is -2.48. The van der Waals surface area contributed by atoms with Gasteiger partial charge in [0.2, 0.25) is 11.8 Å². The highest BCUT2D eigenvalue weighted by atomic mass is 28.3. The monoisotopic (exact) mass is 571 g/mol. The molecule has 2 aromatic rings. The van der Waals surface area contributed by atoms with E-state index in [1.807, 2.05) is 13.8 Å². The Bertz CT molecular complexity index is 1340. The maximum absolute atomic E-state index is 14.0. The van der Waals surface area contributed by atoms with Crippen molar-refractivity contribution >= 4 is 31.7 Å². The average molecular weight is 572 g/mol. The number of carbonyl (C=O) groups excluding carboxylic acids is 3. The molecule has 1 aliphatic carbocycles. The van der Waals surface area contributed by atoms with E-state index >= 15 is 0 Å². The zero-order chi connectivity index (χ0) is 29.8. The Balaban J connectivity index is 1.65. The maximum atomic E-state index is 14.0. The molecule has 40 heavy (non-hydrogen) atoms. The Hall–Kier alpha value is -3.05. The Labute approximate surface area is 236 Å². The lowest BCUT2D eigenvalue weighted by Crippen LogP contribution is -2.52. The number of anilines is 1. The zero-order valence-electron chi connectivity index (χ0n) is 24.8. The van der Waals surface area contributed by atoms with Crippen molar-refractivity contribution in [3.05, 3.63) is 46.9 Å². The van der Waals surface area contributed by atoms with Gasteiger partial charge in [-0.15, -0.1) is 0 Å². The molecule has 1 fully saturated rings. The number of rotatable bonds is 7. The van der Waals surface area contributed by atoms with E-state index in [4.69, 9.17) is 0 Å². The number of fused-ring (bicyclic) bond motifs is 1. The molecule has 1 aromatic carbocycles. The summed E-state index contributed by atoms with van der Waals surface area (Å²) in [5, 5.41) is 20.7. The van der Waals surface area contributed by atoms with E-state index in [2.05, 4.69) is 35.4 Å². The van der Waals surface area contributed by atoms with Gasteiger partial charge in [0.05, 0.1) is 37.5 Å². The molecule has 11 heteroatoms. The van der Waals surface area contributed by atoms with E-state index < -0.39 is 42.1 Å². The van der Waals surface area contributed by atoms with E-state index in [1.165, 1.54) is 23.7 Å². The van der Waals surface area contributed by atoms with Crippen LogP contribution in [-0.4, -0.2) is 51.3 Å². The van der Waals surface area contributed by atoms with Gasteiger partial charge in [-0.3, -0.25) is 9.59 Å². The fraction of sp³-hybridized carbons (Fsp3) is 0.586. The molecule has 0 saturated heterocycles. The minimum absolute atomic E-state index is 0.0832. The molecule has 0 spiro atoms. The Morgan fingerprint density at radius 2 is 1.85 bits per heavy atom. The van der Waals surface area contributed by atoms with Crippen LogP contribution in [0.4, 0.5) is 15.0 Å². The van der Waals surface area contributed by atoms with Gasteiger partial charge in [0.25, 0.3) is 0 Å². The molecule has 3 amide bonds. The molecule has 1 aliphatic heterocycles. The number of benzene rings is 1. The highest BCUT2D eigenvalue weighted by Crippen LogP contribution is 2.56. The fourth-order valence-corrected chi connectivity index (χ4v) is 8.63. The third-order valence-corrected chi connectivity index (χ3v) is 12.3. The molecule has 9 nitrogen and oxygen atoms in total. The summed E-state index contributed by atoms with van der Waals surface area (Å²) in [5.41, 5.74) is -0.334. The zero-order valence-corrected chi connectivity index (χ0v) is 25.8. The fourth-order valence-electron chi connectivity index (χ4n) is 6.03. The van der Waals surface area contributed by atoms with Crippen molar-refractivity contribution in [2.45, 2.75) is 109 Å². The Kier molecular flexibility index (Phi) is 7.55. The molecule has 3 N–H and O–H groups in total. The molecule has 218 valence electrons. The molecule has 1 aromatic heterocycles. The smallest absolute Gasteiger partial charge is 0.318 e. The van der Waals surface area contributed by atoms with Gasteiger partial charge in [0.15, 0.2) is 0 Å². The van der Waals surface area contributed by atoms with Gasteiger partial charge in [-0.2, -0.15) is 9.78 Å². The van der Waals surface area contributed by atoms with E-state index in [-0.39, 0.29) is 24.8 Å². The summed E-state index contributed by atoms with van der Waals surface area (Å²) in [6, 6.07) is 4.88. The summed E-state index contributed by atoms with van der Waals surface area (Å²) in [5.74, 6) is -0.530. The Morgan fingerprint density at radius 1 is 1.20 bits per heavy atom. The van der Waals surface area contributed by atoms with Crippen LogP contribution in [0.3, 0.4) is 0 Å². The minimum atomic E-state index is -1.87. The van der Waals surface area contributed by atoms with E-state index in [0.717, 1.165) is 19.3 Å². The van der Waals surface area contributed by atoms with Gasteiger partial charge in [0.1, 0.15) is 11.6 Å². The van der Waals surface area contributed by atoms with Gasteiger partial charge in [-0.1, -0.05) is 38.2 Å². The summed E-state index contributed by atoms with van der Waals surface area (Å²) in [4.78, 5) is 41.6. The van der Waals surface area contributed by atoms with Crippen molar-refractivity contribution in [2.24, 2.45) is 0 Å². The van der Waals surface area contributed by atoms with Crippen molar-refractivity contribution < 1.29 is 23.9 Å². The van der Waals surface area contributed by atoms with Crippen LogP contribution in [0.15, 0.2) is 24.3 Å². The summed E-state index contributed by atoms with van der Waals surface area (Å²) in [6.45, 7) is 15.0. The predicted octanol–water partition coefficient (Wildman–Crippen LogP) is 5.55. The van der Waals surface area contributed by atoms with Gasteiger partial charge in [0, 0.05) is 23.9 Å². The first-order valence-corrected chi connectivity index (χ1v) is 17.4. The third kappa shape index (κ3) is 5.33. The molecule has 0 unspecified atom stereocenters.